The van der Waals surface area contributed by atoms with Crippen LogP contribution < -0.4 is 10.2 Å². The molecule has 0 saturated carbocycles. The van der Waals surface area contributed by atoms with Crippen molar-refractivity contribution in [3.8, 4) is 6.07 Å². The predicted octanol–water partition coefficient (Wildman–Crippen LogP) is 2.72. The van der Waals surface area contributed by atoms with E-state index in [1.54, 1.807) is 11.8 Å². The normalized spacial score (nSPS) is 18.9. The number of hydrogen-bond donors (Lipinski definition) is 1. The van der Waals surface area contributed by atoms with Crippen LogP contribution >= 0.6 is 11.8 Å². The maximum Gasteiger partial charge on any atom is 0.102 e. The Morgan fingerprint density at radius 3 is 3.00 bits per heavy atom. The van der Waals surface area contributed by atoms with Crippen LogP contribution in [0.5, 0.6) is 0 Å². The average molecular weight is 275 g/mol. The van der Waals surface area contributed by atoms with E-state index in [2.05, 4.69) is 29.4 Å². The van der Waals surface area contributed by atoms with Gasteiger partial charge in [-0.2, -0.15) is 5.26 Å². The van der Waals surface area contributed by atoms with Crippen LogP contribution in [0, 0.1) is 17.2 Å². The number of nitrogens with one attached hydrogen (secondary N) is 1. The second-order valence-electron chi connectivity index (χ2n) is 5.06. The van der Waals surface area contributed by atoms with Crippen molar-refractivity contribution in [2.75, 3.05) is 37.8 Å². The predicted molar refractivity (Wildman–Crippen MR) is 81.8 cm³/mol. The fourth-order valence-corrected chi connectivity index (χ4v) is 3.25. The molecule has 1 aromatic rings. The molecule has 0 aliphatic carbocycles. The third-order valence-corrected chi connectivity index (χ3v) is 4.46. The minimum Gasteiger partial charge on any atom is -0.373 e. The van der Waals surface area contributed by atoms with Gasteiger partial charge in [-0.15, -0.1) is 11.8 Å². The van der Waals surface area contributed by atoms with Gasteiger partial charge in [0, 0.05) is 18.5 Å². The standard InChI is InChI=1S/C15H21N3S/c1-18(11-12-5-4-8-17-10-12)14-6-3-7-15(19-2)13(14)9-16/h3,6-7,12,17H,4-5,8,10-11H2,1-2H3. The lowest BCUT2D eigenvalue weighted by atomic mass is 9.99. The van der Waals surface area contributed by atoms with Crippen molar-refractivity contribution in [2.45, 2.75) is 17.7 Å². The summed E-state index contributed by atoms with van der Waals surface area (Å²) in [7, 11) is 2.09. The van der Waals surface area contributed by atoms with Gasteiger partial charge < -0.3 is 10.2 Å². The lowest BCUT2D eigenvalue weighted by molar-refractivity contribution is 0.381. The molecule has 1 aliphatic rings. The van der Waals surface area contributed by atoms with Crippen molar-refractivity contribution in [3.05, 3.63) is 23.8 Å². The quantitative estimate of drug-likeness (QED) is 0.858. The monoisotopic (exact) mass is 275 g/mol. The summed E-state index contributed by atoms with van der Waals surface area (Å²) in [6, 6.07) is 8.46. The van der Waals surface area contributed by atoms with E-state index in [1.807, 2.05) is 18.4 Å². The molecular formula is C15H21N3S. The Morgan fingerprint density at radius 1 is 1.53 bits per heavy atom. The van der Waals surface area contributed by atoms with E-state index >= 15 is 0 Å². The van der Waals surface area contributed by atoms with Gasteiger partial charge in [0.25, 0.3) is 0 Å². The SMILES string of the molecule is CSc1cccc(N(C)CC2CCCNC2)c1C#N. The molecule has 1 heterocycles. The summed E-state index contributed by atoms with van der Waals surface area (Å²) in [5.41, 5.74) is 1.86. The molecule has 0 radical (unpaired) electrons. The van der Waals surface area contributed by atoms with Crippen molar-refractivity contribution in [1.29, 1.82) is 5.26 Å². The first-order chi connectivity index (χ1) is 9.26. The lowest BCUT2D eigenvalue weighted by Crippen LogP contribution is -2.37. The summed E-state index contributed by atoms with van der Waals surface area (Å²) in [5, 5.41) is 12.8. The largest absolute Gasteiger partial charge is 0.373 e. The van der Waals surface area contributed by atoms with Crippen molar-refractivity contribution in [3.63, 3.8) is 0 Å². The van der Waals surface area contributed by atoms with Gasteiger partial charge in [-0.3, -0.25) is 0 Å². The van der Waals surface area contributed by atoms with Gasteiger partial charge >= 0.3 is 0 Å². The molecule has 4 heteroatoms. The Hall–Kier alpha value is -1.18. The molecule has 0 bridgehead atoms. The first-order valence-corrected chi connectivity index (χ1v) is 7.97. The van der Waals surface area contributed by atoms with E-state index < -0.39 is 0 Å². The van der Waals surface area contributed by atoms with Gasteiger partial charge in [-0.1, -0.05) is 6.07 Å². The average Bonchev–Trinajstić information content (AvgIpc) is 2.47. The summed E-state index contributed by atoms with van der Waals surface area (Å²) in [6.07, 6.45) is 4.56. The molecule has 102 valence electrons. The third kappa shape index (κ3) is 3.43. The number of nitriles is 1. The molecule has 2 rings (SSSR count). The Morgan fingerprint density at radius 2 is 2.37 bits per heavy atom. The number of piperidine rings is 1. The molecule has 1 unspecified atom stereocenters. The lowest BCUT2D eigenvalue weighted by Gasteiger charge is -2.29. The van der Waals surface area contributed by atoms with Crippen molar-refractivity contribution in [2.24, 2.45) is 5.92 Å². The molecule has 19 heavy (non-hydrogen) atoms. The van der Waals surface area contributed by atoms with Gasteiger partial charge in [0.1, 0.15) is 6.07 Å². The van der Waals surface area contributed by atoms with Crippen LogP contribution in [-0.4, -0.2) is 32.9 Å². The maximum absolute atomic E-state index is 9.38. The smallest absolute Gasteiger partial charge is 0.102 e. The van der Waals surface area contributed by atoms with Gasteiger partial charge in [0.05, 0.1) is 11.3 Å². The van der Waals surface area contributed by atoms with Crippen LogP contribution in [0.3, 0.4) is 0 Å². The first-order valence-electron chi connectivity index (χ1n) is 6.75. The van der Waals surface area contributed by atoms with Crippen molar-refractivity contribution >= 4 is 17.4 Å². The molecule has 3 nitrogen and oxygen atoms in total. The highest BCUT2D eigenvalue weighted by molar-refractivity contribution is 7.98. The van der Waals surface area contributed by atoms with E-state index in [9.17, 15) is 5.26 Å². The topological polar surface area (TPSA) is 39.1 Å². The molecule has 1 fully saturated rings. The second-order valence-corrected chi connectivity index (χ2v) is 5.91. The number of nitrogens with zero attached hydrogens (tertiary/aromatic N) is 2. The van der Waals surface area contributed by atoms with Gasteiger partial charge in [0.2, 0.25) is 0 Å². The van der Waals surface area contributed by atoms with Gasteiger partial charge in [0.15, 0.2) is 0 Å². The molecule has 0 spiro atoms. The number of anilines is 1. The van der Waals surface area contributed by atoms with Crippen LogP contribution in [-0.2, 0) is 0 Å². The summed E-state index contributed by atoms with van der Waals surface area (Å²) in [5.74, 6) is 0.684. The number of rotatable bonds is 4. The maximum atomic E-state index is 9.38. The minimum absolute atomic E-state index is 0.684. The van der Waals surface area contributed by atoms with Crippen LogP contribution in [0.1, 0.15) is 18.4 Å². The molecule has 0 amide bonds. The molecular weight excluding hydrogens is 254 g/mol. The molecule has 1 saturated heterocycles. The fourth-order valence-electron chi connectivity index (χ4n) is 2.69. The van der Waals surface area contributed by atoms with Gasteiger partial charge in [-0.05, 0) is 50.2 Å². The molecule has 1 aliphatic heterocycles. The zero-order valence-corrected chi connectivity index (χ0v) is 12.5. The van der Waals surface area contributed by atoms with Crippen LogP contribution in [0.25, 0.3) is 0 Å². The van der Waals surface area contributed by atoms with E-state index in [0.717, 1.165) is 35.8 Å². The zero-order chi connectivity index (χ0) is 13.7. The van der Waals surface area contributed by atoms with E-state index in [0.29, 0.717) is 5.92 Å². The highest BCUT2D eigenvalue weighted by Crippen LogP contribution is 2.29. The van der Waals surface area contributed by atoms with Crippen molar-refractivity contribution < 1.29 is 0 Å². The molecule has 1 N–H and O–H groups in total. The number of benzene rings is 1. The number of thioether (sulfide) groups is 1. The second kappa shape index (κ2) is 6.83. The summed E-state index contributed by atoms with van der Waals surface area (Å²) in [4.78, 5) is 3.30. The highest BCUT2D eigenvalue weighted by atomic mass is 32.2. The van der Waals surface area contributed by atoms with Crippen LogP contribution in [0.15, 0.2) is 23.1 Å². The molecule has 1 atom stereocenters. The van der Waals surface area contributed by atoms with E-state index in [4.69, 9.17) is 0 Å². The summed E-state index contributed by atoms with van der Waals surface area (Å²) in [6.45, 7) is 3.25. The van der Waals surface area contributed by atoms with Crippen LogP contribution in [0.4, 0.5) is 5.69 Å². The van der Waals surface area contributed by atoms with Gasteiger partial charge in [-0.25, -0.2) is 0 Å². The Balaban J connectivity index is 2.14. The van der Waals surface area contributed by atoms with E-state index in [1.165, 1.54) is 12.8 Å². The molecule has 0 aromatic heterocycles. The Labute approximate surface area is 120 Å². The summed E-state index contributed by atoms with van der Waals surface area (Å²) >= 11 is 1.64. The first kappa shape index (κ1) is 14.2. The Kier molecular flexibility index (Phi) is 5.12. The zero-order valence-electron chi connectivity index (χ0n) is 11.6. The fraction of sp³-hybridized carbons (Fsp3) is 0.533. The minimum atomic E-state index is 0.684. The molecule has 1 aromatic carbocycles. The van der Waals surface area contributed by atoms with Crippen LogP contribution in [0.2, 0.25) is 0 Å². The third-order valence-electron chi connectivity index (χ3n) is 3.68. The Bertz CT molecular complexity index is 461. The highest BCUT2D eigenvalue weighted by Gasteiger charge is 2.17. The number of hydrogen-bond acceptors (Lipinski definition) is 4. The van der Waals surface area contributed by atoms with Crippen molar-refractivity contribution in [1.82, 2.24) is 5.32 Å². The van der Waals surface area contributed by atoms with E-state index in [-0.39, 0.29) is 0 Å². The summed E-state index contributed by atoms with van der Waals surface area (Å²) < 4.78 is 0.